The van der Waals surface area contributed by atoms with E-state index in [0.29, 0.717) is 11.7 Å². The van der Waals surface area contributed by atoms with Gasteiger partial charge in [0, 0.05) is 17.1 Å². The Kier molecular flexibility index (Phi) is 4.04. The second kappa shape index (κ2) is 5.81. The minimum atomic E-state index is 0.649. The average molecular weight is 349 g/mol. The molecule has 1 fully saturated rings. The summed E-state index contributed by atoms with van der Waals surface area (Å²) in [6, 6.07) is 6.56. The zero-order chi connectivity index (χ0) is 15.0. The van der Waals surface area contributed by atoms with E-state index >= 15 is 0 Å². The second-order valence-electron chi connectivity index (χ2n) is 5.88. The largest absolute Gasteiger partial charge is 0.383 e. The smallest absolute Gasteiger partial charge is 0.129 e. The third-order valence-corrected chi connectivity index (χ3v) is 5.14. The van der Waals surface area contributed by atoms with Crippen molar-refractivity contribution in [1.29, 1.82) is 0 Å². The summed E-state index contributed by atoms with van der Waals surface area (Å²) in [5.74, 6) is 1.35. The topological polar surface area (TPSA) is 47.1 Å². The van der Waals surface area contributed by atoms with Gasteiger partial charge in [0.25, 0.3) is 0 Å². The highest BCUT2D eigenvalue weighted by molar-refractivity contribution is 9.10. The number of aromatic nitrogens is 2. The Morgan fingerprint density at radius 2 is 1.95 bits per heavy atom. The van der Waals surface area contributed by atoms with Crippen LogP contribution in [-0.4, -0.2) is 34.8 Å². The molecule has 0 radical (unpaired) electrons. The van der Waals surface area contributed by atoms with Gasteiger partial charge in [-0.05, 0) is 56.1 Å². The molecule has 2 N–H and O–H groups in total. The molecule has 0 bridgehead atoms. The van der Waals surface area contributed by atoms with Gasteiger partial charge in [0.1, 0.15) is 5.82 Å². The van der Waals surface area contributed by atoms with E-state index in [1.165, 1.54) is 36.0 Å². The van der Waals surface area contributed by atoms with Crippen LogP contribution in [0.15, 0.2) is 28.9 Å². The lowest BCUT2D eigenvalue weighted by atomic mass is 9.89. The molecule has 4 nitrogen and oxygen atoms in total. The fraction of sp³-hybridized carbons (Fsp3) is 0.438. The SMILES string of the molecule is CN1CCC(c2ccc(-c3cnn(C)c3N)cc2Br)CC1. The number of halogens is 1. The van der Waals surface area contributed by atoms with Gasteiger partial charge in [0.05, 0.1) is 6.20 Å². The van der Waals surface area contributed by atoms with E-state index in [9.17, 15) is 0 Å². The lowest BCUT2D eigenvalue weighted by molar-refractivity contribution is 0.255. The van der Waals surface area contributed by atoms with Crippen LogP contribution in [0.2, 0.25) is 0 Å². The number of piperidine rings is 1. The molecule has 0 spiro atoms. The summed E-state index contributed by atoms with van der Waals surface area (Å²) >= 11 is 3.74. The minimum absolute atomic E-state index is 0.649. The van der Waals surface area contributed by atoms with Gasteiger partial charge in [-0.15, -0.1) is 0 Å². The first kappa shape index (κ1) is 14.6. The van der Waals surface area contributed by atoms with Crippen LogP contribution >= 0.6 is 15.9 Å². The highest BCUT2D eigenvalue weighted by Gasteiger charge is 2.20. The number of nitrogens with zero attached hydrogens (tertiary/aromatic N) is 3. The number of benzene rings is 1. The van der Waals surface area contributed by atoms with Gasteiger partial charge in [0.15, 0.2) is 0 Å². The molecular weight excluding hydrogens is 328 g/mol. The number of rotatable bonds is 2. The lowest BCUT2D eigenvalue weighted by Gasteiger charge is -2.29. The molecule has 2 heterocycles. The normalized spacial score (nSPS) is 17.3. The van der Waals surface area contributed by atoms with Gasteiger partial charge in [0.2, 0.25) is 0 Å². The Morgan fingerprint density at radius 1 is 1.24 bits per heavy atom. The molecule has 1 aliphatic rings. The van der Waals surface area contributed by atoms with Crippen molar-refractivity contribution in [2.75, 3.05) is 25.9 Å². The summed E-state index contributed by atoms with van der Waals surface area (Å²) in [6.07, 6.45) is 4.28. The third-order valence-electron chi connectivity index (χ3n) is 4.45. The van der Waals surface area contributed by atoms with Crippen LogP contribution < -0.4 is 5.73 Å². The molecule has 1 aliphatic heterocycles. The van der Waals surface area contributed by atoms with Crippen molar-refractivity contribution in [3.05, 3.63) is 34.4 Å². The van der Waals surface area contributed by atoms with Crippen LogP contribution in [0.4, 0.5) is 5.82 Å². The summed E-state index contributed by atoms with van der Waals surface area (Å²) in [5, 5.41) is 4.21. The van der Waals surface area contributed by atoms with Crippen molar-refractivity contribution in [2.24, 2.45) is 7.05 Å². The molecule has 3 rings (SSSR count). The Balaban J connectivity index is 1.88. The molecule has 0 saturated carbocycles. The Hall–Kier alpha value is -1.33. The first-order valence-electron chi connectivity index (χ1n) is 7.32. The maximum Gasteiger partial charge on any atom is 0.129 e. The molecular formula is C16H21BrN4. The maximum absolute atomic E-state index is 6.06. The molecule has 5 heteroatoms. The van der Waals surface area contributed by atoms with Crippen molar-refractivity contribution in [2.45, 2.75) is 18.8 Å². The van der Waals surface area contributed by atoms with Crippen LogP contribution in [0.1, 0.15) is 24.3 Å². The fourth-order valence-corrected chi connectivity index (χ4v) is 3.72. The molecule has 0 aliphatic carbocycles. The molecule has 1 aromatic heterocycles. The molecule has 0 amide bonds. The molecule has 21 heavy (non-hydrogen) atoms. The van der Waals surface area contributed by atoms with Crippen LogP contribution in [0.3, 0.4) is 0 Å². The van der Waals surface area contributed by atoms with Crippen molar-refractivity contribution >= 4 is 21.7 Å². The monoisotopic (exact) mass is 348 g/mol. The molecule has 0 atom stereocenters. The summed E-state index contributed by atoms with van der Waals surface area (Å²) < 4.78 is 2.88. The zero-order valence-electron chi connectivity index (χ0n) is 12.5. The molecule has 2 aromatic rings. The minimum Gasteiger partial charge on any atom is -0.383 e. The molecule has 1 aromatic carbocycles. The van der Waals surface area contributed by atoms with E-state index in [-0.39, 0.29) is 0 Å². The second-order valence-corrected chi connectivity index (χ2v) is 6.74. The van der Waals surface area contributed by atoms with Crippen molar-refractivity contribution in [3.8, 4) is 11.1 Å². The van der Waals surface area contributed by atoms with Gasteiger partial charge in [-0.1, -0.05) is 28.1 Å². The zero-order valence-corrected chi connectivity index (χ0v) is 14.1. The Bertz CT molecular complexity index is 642. The van der Waals surface area contributed by atoms with Crippen LogP contribution in [-0.2, 0) is 7.05 Å². The number of nitrogen functional groups attached to an aromatic ring is 1. The van der Waals surface area contributed by atoms with Gasteiger partial charge < -0.3 is 10.6 Å². The number of nitrogens with two attached hydrogens (primary N) is 1. The van der Waals surface area contributed by atoms with Crippen LogP contribution in [0.5, 0.6) is 0 Å². The Labute approximate surface area is 134 Å². The summed E-state index contributed by atoms with van der Waals surface area (Å²) in [4.78, 5) is 2.40. The lowest BCUT2D eigenvalue weighted by Crippen LogP contribution is -2.29. The first-order chi connectivity index (χ1) is 10.1. The number of aryl methyl sites for hydroxylation is 1. The quantitative estimate of drug-likeness (QED) is 0.906. The van der Waals surface area contributed by atoms with Gasteiger partial charge >= 0.3 is 0 Å². The van der Waals surface area contributed by atoms with Crippen molar-refractivity contribution < 1.29 is 0 Å². The first-order valence-corrected chi connectivity index (χ1v) is 8.11. The van der Waals surface area contributed by atoms with Gasteiger partial charge in [-0.2, -0.15) is 5.10 Å². The third kappa shape index (κ3) is 2.85. The average Bonchev–Trinajstić information content (AvgIpc) is 2.80. The van der Waals surface area contributed by atoms with E-state index in [0.717, 1.165) is 11.1 Å². The van der Waals surface area contributed by atoms with E-state index in [4.69, 9.17) is 5.73 Å². The van der Waals surface area contributed by atoms with E-state index in [2.05, 4.69) is 51.2 Å². The van der Waals surface area contributed by atoms with E-state index < -0.39 is 0 Å². The Morgan fingerprint density at radius 3 is 2.52 bits per heavy atom. The maximum atomic E-state index is 6.06. The number of hydrogen-bond donors (Lipinski definition) is 1. The molecule has 112 valence electrons. The highest BCUT2D eigenvalue weighted by atomic mass is 79.9. The number of anilines is 1. The standard InChI is InChI=1S/C16H21BrN4/c1-20-7-5-11(6-8-20)13-4-3-12(9-15(13)17)14-10-19-21(2)16(14)18/h3-4,9-11H,5-8,18H2,1-2H3. The van der Waals surface area contributed by atoms with E-state index in [1.54, 1.807) is 4.68 Å². The summed E-state index contributed by atoms with van der Waals surface area (Å²) in [6.45, 7) is 2.35. The predicted octanol–water partition coefficient (Wildman–Crippen LogP) is 3.24. The molecule has 1 saturated heterocycles. The van der Waals surface area contributed by atoms with E-state index in [1.807, 2.05) is 13.2 Å². The highest BCUT2D eigenvalue weighted by Crippen LogP contribution is 2.36. The number of hydrogen-bond acceptors (Lipinski definition) is 3. The fourth-order valence-electron chi connectivity index (χ4n) is 3.01. The number of likely N-dealkylation sites (tertiary alicyclic amines) is 1. The van der Waals surface area contributed by atoms with Gasteiger partial charge in [-0.25, -0.2) is 0 Å². The predicted molar refractivity (Wildman–Crippen MR) is 90.2 cm³/mol. The van der Waals surface area contributed by atoms with Crippen molar-refractivity contribution in [3.63, 3.8) is 0 Å². The van der Waals surface area contributed by atoms with Crippen LogP contribution in [0, 0.1) is 0 Å². The summed E-state index contributed by atoms with van der Waals surface area (Å²) in [7, 11) is 4.06. The van der Waals surface area contributed by atoms with Crippen molar-refractivity contribution in [1.82, 2.24) is 14.7 Å². The molecule has 0 unspecified atom stereocenters. The van der Waals surface area contributed by atoms with Gasteiger partial charge in [-0.3, -0.25) is 4.68 Å². The van der Waals surface area contributed by atoms with Crippen LogP contribution in [0.25, 0.3) is 11.1 Å². The summed E-state index contributed by atoms with van der Waals surface area (Å²) in [5.41, 5.74) is 9.58.